The topological polar surface area (TPSA) is 33.6 Å². The minimum Gasteiger partial charge on any atom is -0.270 e. The first-order chi connectivity index (χ1) is 8.18. The van der Waals surface area contributed by atoms with Gasteiger partial charge in [0.1, 0.15) is 5.82 Å². The van der Waals surface area contributed by atoms with Crippen LogP contribution in [0.4, 0.5) is 0 Å². The van der Waals surface area contributed by atoms with E-state index < -0.39 is 0 Å². The summed E-state index contributed by atoms with van der Waals surface area (Å²) in [4.78, 5) is 0. The highest BCUT2D eigenvalue weighted by atomic mass is 35.5. The molecule has 0 atom stereocenters. The van der Waals surface area contributed by atoms with Crippen molar-refractivity contribution < 1.29 is 0 Å². The Morgan fingerprint density at radius 2 is 2.24 bits per heavy atom. The summed E-state index contributed by atoms with van der Waals surface area (Å²) in [5.41, 5.74) is 2.06. The predicted molar refractivity (Wildman–Crippen MR) is 70.5 cm³/mol. The van der Waals surface area contributed by atoms with Crippen molar-refractivity contribution in [2.45, 2.75) is 25.7 Å². The normalized spacial score (nSPS) is 15.2. The Bertz CT molecular complexity index is 605. The van der Waals surface area contributed by atoms with Gasteiger partial charge in [-0.2, -0.15) is 5.10 Å². The van der Waals surface area contributed by atoms with E-state index in [1.807, 2.05) is 29.7 Å². The van der Waals surface area contributed by atoms with Crippen LogP contribution in [0.1, 0.15) is 30.1 Å². The van der Waals surface area contributed by atoms with E-state index in [-0.39, 0.29) is 0 Å². The Balaban J connectivity index is 2.27. The molecular weight excluding hydrogens is 254 g/mol. The second kappa shape index (κ2) is 3.96. The molecule has 17 heavy (non-hydrogen) atoms. The number of para-hydroxylation sites is 1. The van der Waals surface area contributed by atoms with Crippen LogP contribution in [0.15, 0.2) is 18.2 Å². The van der Waals surface area contributed by atoms with Gasteiger partial charge in [-0.3, -0.25) is 9.67 Å². The van der Waals surface area contributed by atoms with Crippen molar-refractivity contribution in [2.24, 2.45) is 0 Å². The van der Waals surface area contributed by atoms with Gasteiger partial charge in [-0.1, -0.05) is 23.7 Å². The molecule has 0 aliphatic heterocycles. The van der Waals surface area contributed by atoms with E-state index in [9.17, 15) is 0 Å². The van der Waals surface area contributed by atoms with Crippen LogP contribution in [0.5, 0.6) is 0 Å². The van der Waals surface area contributed by atoms with Crippen molar-refractivity contribution >= 4 is 23.8 Å². The van der Waals surface area contributed by atoms with Crippen LogP contribution in [0.25, 0.3) is 5.69 Å². The minimum atomic E-state index is 0.527. The van der Waals surface area contributed by atoms with E-state index in [0.29, 0.717) is 15.7 Å². The maximum atomic E-state index is 6.28. The second-order valence-electron chi connectivity index (χ2n) is 4.40. The fourth-order valence-electron chi connectivity index (χ4n) is 2.05. The first kappa shape index (κ1) is 11.0. The largest absolute Gasteiger partial charge is 0.270 e. The molecule has 1 fully saturated rings. The Hall–Kier alpha value is -1.13. The highest BCUT2D eigenvalue weighted by molar-refractivity contribution is 7.71. The molecule has 2 aromatic rings. The van der Waals surface area contributed by atoms with Crippen molar-refractivity contribution in [1.82, 2.24) is 14.8 Å². The fraction of sp³-hybridized carbons (Fsp3) is 0.333. The van der Waals surface area contributed by atoms with Gasteiger partial charge in [0.05, 0.1) is 10.7 Å². The number of aromatic nitrogens is 3. The molecule has 3 rings (SSSR count). The molecule has 88 valence electrons. The molecule has 1 aliphatic rings. The van der Waals surface area contributed by atoms with Gasteiger partial charge in [-0.25, -0.2) is 0 Å². The molecule has 0 bridgehead atoms. The molecule has 0 unspecified atom stereocenters. The summed E-state index contributed by atoms with van der Waals surface area (Å²) in [6.45, 7) is 2.03. The van der Waals surface area contributed by atoms with Gasteiger partial charge in [0.2, 0.25) is 0 Å². The first-order valence-electron chi connectivity index (χ1n) is 5.61. The molecule has 0 amide bonds. The van der Waals surface area contributed by atoms with Gasteiger partial charge in [0.25, 0.3) is 0 Å². The number of aryl methyl sites for hydroxylation is 1. The maximum Gasteiger partial charge on any atom is 0.199 e. The SMILES string of the molecule is Cc1cccc(Cl)c1-n1c(C2CC2)n[nH]c1=S. The quantitative estimate of drug-likeness (QED) is 0.839. The predicted octanol–water partition coefficient (Wildman–Crippen LogP) is 3.77. The van der Waals surface area contributed by atoms with E-state index in [4.69, 9.17) is 23.8 Å². The van der Waals surface area contributed by atoms with Crippen LogP contribution >= 0.6 is 23.8 Å². The molecule has 1 N–H and O–H groups in total. The molecule has 1 aliphatic carbocycles. The number of rotatable bonds is 2. The Labute approximate surface area is 109 Å². The molecule has 0 spiro atoms. The molecule has 1 heterocycles. The summed E-state index contributed by atoms with van der Waals surface area (Å²) in [5, 5.41) is 7.90. The molecule has 1 saturated carbocycles. The van der Waals surface area contributed by atoms with Crippen molar-refractivity contribution in [2.75, 3.05) is 0 Å². The second-order valence-corrected chi connectivity index (χ2v) is 5.20. The molecular formula is C12H12ClN3S. The van der Waals surface area contributed by atoms with Gasteiger partial charge in [-0.05, 0) is 43.6 Å². The van der Waals surface area contributed by atoms with E-state index in [0.717, 1.165) is 17.1 Å². The number of halogens is 1. The lowest BCUT2D eigenvalue weighted by molar-refractivity contribution is 0.865. The summed E-state index contributed by atoms with van der Waals surface area (Å²) < 4.78 is 2.59. The molecule has 1 aromatic heterocycles. The maximum absolute atomic E-state index is 6.28. The third kappa shape index (κ3) is 1.81. The number of hydrogen-bond donors (Lipinski definition) is 1. The number of nitrogens with one attached hydrogen (secondary N) is 1. The summed E-state index contributed by atoms with van der Waals surface area (Å²) in [6.07, 6.45) is 2.37. The van der Waals surface area contributed by atoms with Crippen molar-refractivity contribution in [1.29, 1.82) is 0 Å². The minimum absolute atomic E-state index is 0.527. The zero-order valence-electron chi connectivity index (χ0n) is 9.40. The summed E-state index contributed by atoms with van der Waals surface area (Å²) in [5.74, 6) is 1.53. The fourth-order valence-corrected chi connectivity index (χ4v) is 2.58. The Morgan fingerprint density at radius 3 is 2.88 bits per heavy atom. The van der Waals surface area contributed by atoms with Gasteiger partial charge in [0.15, 0.2) is 4.77 Å². The Kier molecular flexibility index (Phi) is 2.56. The van der Waals surface area contributed by atoms with Gasteiger partial charge in [-0.15, -0.1) is 0 Å². The van der Waals surface area contributed by atoms with Gasteiger partial charge < -0.3 is 0 Å². The van der Waals surface area contributed by atoms with Crippen LogP contribution in [-0.2, 0) is 0 Å². The average Bonchev–Trinajstić information content (AvgIpc) is 3.05. The van der Waals surface area contributed by atoms with Crippen LogP contribution in [0.2, 0.25) is 5.02 Å². The summed E-state index contributed by atoms with van der Waals surface area (Å²) in [7, 11) is 0. The molecule has 1 aromatic carbocycles. The molecule has 0 radical (unpaired) electrons. The van der Waals surface area contributed by atoms with Crippen molar-refractivity contribution in [3.63, 3.8) is 0 Å². The molecule has 0 saturated heterocycles. The Morgan fingerprint density at radius 1 is 1.47 bits per heavy atom. The van der Waals surface area contributed by atoms with Crippen LogP contribution in [0.3, 0.4) is 0 Å². The van der Waals surface area contributed by atoms with Crippen molar-refractivity contribution in [3.8, 4) is 5.69 Å². The zero-order chi connectivity index (χ0) is 12.0. The van der Waals surface area contributed by atoms with Crippen LogP contribution < -0.4 is 0 Å². The van der Waals surface area contributed by atoms with E-state index in [1.54, 1.807) is 0 Å². The number of nitrogens with zero attached hydrogens (tertiary/aromatic N) is 2. The van der Waals surface area contributed by atoms with Crippen molar-refractivity contribution in [3.05, 3.63) is 39.4 Å². The summed E-state index contributed by atoms with van der Waals surface area (Å²) >= 11 is 11.6. The molecule has 5 heteroatoms. The van der Waals surface area contributed by atoms with Crippen LogP contribution in [0, 0.1) is 11.7 Å². The number of H-pyrrole nitrogens is 1. The third-order valence-corrected chi connectivity index (χ3v) is 3.63. The zero-order valence-corrected chi connectivity index (χ0v) is 11.0. The van der Waals surface area contributed by atoms with E-state index >= 15 is 0 Å². The van der Waals surface area contributed by atoms with E-state index in [2.05, 4.69) is 10.2 Å². The molecule has 3 nitrogen and oxygen atoms in total. The van der Waals surface area contributed by atoms with E-state index in [1.165, 1.54) is 12.8 Å². The highest BCUT2D eigenvalue weighted by Gasteiger charge is 2.30. The lowest BCUT2D eigenvalue weighted by Crippen LogP contribution is -2.03. The standard InChI is InChI=1S/C12H12ClN3S/c1-7-3-2-4-9(13)10(7)16-11(8-5-6-8)14-15-12(16)17/h2-4,8H,5-6H2,1H3,(H,15,17). The number of aromatic amines is 1. The van der Waals surface area contributed by atoms with Gasteiger partial charge in [0, 0.05) is 5.92 Å². The number of hydrogen-bond acceptors (Lipinski definition) is 2. The monoisotopic (exact) mass is 265 g/mol. The first-order valence-corrected chi connectivity index (χ1v) is 6.40. The smallest absolute Gasteiger partial charge is 0.199 e. The van der Waals surface area contributed by atoms with Crippen LogP contribution in [-0.4, -0.2) is 14.8 Å². The third-order valence-electron chi connectivity index (χ3n) is 3.05. The lowest BCUT2D eigenvalue weighted by atomic mass is 10.2. The average molecular weight is 266 g/mol. The summed E-state index contributed by atoms with van der Waals surface area (Å²) in [6, 6.07) is 5.86. The lowest BCUT2D eigenvalue weighted by Gasteiger charge is -2.11. The van der Waals surface area contributed by atoms with Gasteiger partial charge >= 0.3 is 0 Å². The number of benzene rings is 1. The highest BCUT2D eigenvalue weighted by Crippen LogP contribution is 2.40.